The second kappa shape index (κ2) is 12.4. The summed E-state index contributed by atoms with van der Waals surface area (Å²) in [5.74, 6) is -1.31. The van der Waals surface area contributed by atoms with Gasteiger partial charge in [0, 0.05) is 37.9 Å². The molecule has 196 valence electrons. The lowest BCUT2D eigenvalue weighted by Crippen LogP contribution is -2.63. The Bertz CT molecular complexity index is 1090. The van der Waals surface area contributed by atoms with Gasteiger partial charge in [-0.3, -0.25) is 24.4 Å². The fraction of sp³-hybridized carbons (Fsp3) is 0.481. The van der Waals surface area contributed by atoms with Crippen molar-refractivity contribution < 1.29 is 23.9 Å². The van der Waals surface area contributed by atoms with Crippen LogP contribution in [0.2, 0.25) is 0 Å². The Hall–Kier alpha value is -3.82. The van der Waals surface area contributed by atoms with E-state index in [0.717, 1.165) is 25.7 Å². The van der Waals surface area contributed by atoms with Gasteiger partial charge in [0.15, 0.2) is 0 Å². The molecule has 0 aromatic carbocycles. The van der Waals surface area contributed by atoms with Crippen molar-refractivity contribution in [1.29, 1.82) is 0 Å². The topological polar surface area (TPSA) is 122 Å². The van der Waals surface area contributed by atoms with Gasteiger partial charge in [-0.25, -0.2) is 4.79 Å². The number of piperazine rings is 1. The number of hydrogen-bond acceptors (Lipinski definition) is 7. The molecule has 37 heavy (non-hydrogen) atoms. The van der Waals surface area contributed by atoms with Gasteiger partial charge < -0.3 is 19.9 Å². The van der Waals surface area contributed by atoms with Crippen molar-refractivity contribution in [3.8, 4) is 0 Å². The van der Waals surface area contributed by atoms with E-state index in [2.05, 4.69) is 15.3 Å². The molecule has 1 saturated carbocycles. The maximum atomic E-state index is 13.6. The van der Waals surface area contributed by atoms with Crippen molar-refractivity contribution in [2.75, 3.05) is 26.7 Å². The van der Waals surface area contributed by atoms with E-state index in [1.165, 1.54) is 30.8 Å². The van der Waals surface area contributed by atoms with Gasteiger partial charge in [-0.15, -0.1) is 0 Å². The number of pyridine rings is 2. The molecule has 10 nitrogen and oxygen atoms in total. The number of hydrogen-bond donors (Lipinski definition) is 1. The average Bonchev–Trinajstić information content (AvgIpc) is 2.96. The number of amides is 3. The van der Waals surface area contributed by atoms with Crippen LogP contribution < -0.4 is 5.32 Å². The van der Waals surface area contributed by atoms with E-state index in [9.17, 15) is 19.2 Å². The SMILES string of the molecule is COC(=O)[C@H](CC1CCCCC1)NC(=O)[C@@H]1CN(C(=O)c2cccnc2)CCN1C(=O)c1cccnc1. The number of ether oxygens (including phenoxy) is 1. The summed E-state index contributed by atoms with van der Waals surface area (Å²) in [5.41, 5.74) is 0.748. The molecule has 3 heterocycles. The fourth-order valence-corrected chi connectivity index (χ4v) is 5.14. The molecule has 1 aliphatic heterocycles. The molecule has 1 saturated heterocycles. The molecule has 2 aliphatic rings. The number of methoxy groups -OCH3 is 1. The summed E-state index contributed by atoms with van der Waals surface area (Å²) in [4.78, 5) is 63.7. The van der Waals surface area contributed by atoms with Crippen LogP contribution in [0.3, 0.4) is 0 Å². The molecule has 0 spiro atoms. The molecule has 2 atom stereocenters. The van der Waals surface area contributed by atoms with Crippen LogP contribution in [-0.4, -0.2) is 82.3 Å². The maximum Gasteiger partial charge on any atom is 0.328 e. The molecule has 2 aromatic heterocycles. The number of esters is 1. The van der Waals surface area contributed by atoms with Crippen molar-refractivity contribution in [3.63, 3.8) is 0 Å². The zero-order valence-corrected chi connectivity index (χ0v) is 21.0. The van der Waals surface area contributed by atoms with Gasteiger partial charge in [-0.05, 0) is 36.6 Å². The third-order valence-corrected chi connectivity index (χ3v) is 7.14. The molecule has 10 heteroatoms. The van der Waals surface area contributed by atoms with Gasteiger partial charge in [-0.2, -0.15) is 0 Å². The number of carbonyl (C=O) groups is 4. The molecule has 1 N–H and O–H groups in total. The summed E-state index contributed by atoms with van der Waals surface area (Å²) in [6, 6.07) is 4.82. The van der Waals surface area contributed by atoms with Crippen LogP contribution in [0, 0.1) is 5.92 Å². The average molecular weight is 508 g/mol. The number of carbonyl (C=O) groups excluding carboxylic acids is 4. The highest BCUT2D eigenvalue weighted by Crippen LogP contribution is 2.28. The summed E-state index contributed by atoms with van der Waals surface area (Å²) in [7, 11) is 1.30. The van der Waals surface area contributed by atoms with E-state index in [0.29, 0.717) is 23.5 Å². The third kappa shape index (κ3) is 6.49. The van der Waals surface area contributed by atoms with Gasteiger partial charge in [0.05, 0.1) is 24.8 Å². The highest BCUT2D eigenvalue weighted by Gasteiger charge is 2.39. The minimum atomic E-state index is -0.986. The summed E-state index contributed by atoms with van der Waals surface area (Å²) in [5, 5.41) is 2.85. The lowest BCUT2D eigenvalue weighted by molar-refractivity contribution is -0.146. The van der Waals surface area contributed by atoms with Crippen LogP contribution in [0.25, 0.3) is 0 Å². The summed E-state index contributed by atoms with van der Waals surface area (Å²) in [6.07, 6.45) is 12.0. The molecule has 0 unspecified atom stereocenters. The highest BCUT2D eigenvalue weighted by atomic mass is 16.5. The molecular weight excluding hydrogens is 474 g/mol. The first kappa shape index (κ1) is 26.2. The molecule has 2 aromatic rings. The van der Waals surface area contributed by atoms with Crippen LogP contribution in [0.4, 0.5) is 0 Å². The maximum absolute atomic E-state index is 13.6. The van der Waals surface area contributed by atoms with Gasteiger partial charge in [0.25, 0.3) is 11.8 Å². The van der Waals surface area contributed by atoms with Crippen molar-refractivity contribution in [2.24, 2.45) is 5.92 Å². The van der Waals surface area contributed by atoms with E-state index in [1.807, 2.05) is 0 Å². The molecule has 1 aliphatic carbocycles. The first-order valence-electron chi connectivity index (χ1n) is 12.8. The number of rotatable bonds is 7. The Morgan fingerprint density at radius 3 is 2.22 bits per heavy atom. The van der Waals surface area contributed by atoms with Crippen molar-refractivity contribution in [3.05, 3.63) is 60.2 Å². The van der Waals surface area contributed by atoms with Crippen LogP contribution in [0.1, 0.15) is 59.2 Å². The zero-order valence-electron chi connectivity index (χ0n) is 21.0. The molecule has 0 radical (unpaired) electrons. The molecule has 0 bridgehead atoms. The Morgan fingerprint density at radius 1 is 0.973 bits per heavy atom. The number of nitrogens with one attached hydrogen (secondary N) is 1. The number of aromatic nitrogens is 2. The Labute approximate surface area is 216 Å². The molecule has 3 amide bonds. The smallest absolute Gasteiger partial charge is 0.328 e. The van der Waals surface area contributed by atoms with Gasteiger partial charge in [-0.1, -0.05) is 32.1 Å². The van der Waals surface area contributed by atoms with Crippen LogP contribution in [0.5, 0.6) is 0 Å². The van der Waals surface area contributed by atoms with E-state index >= 15 is 0 Å². The standard InChI is InChI=1S/C27H33N5O5/c1-37-27(36)22(15-19-7-3-2-4-8-19)30-24(33)23-18-31(25(34)20-9-5-11-28-16-20)13-14-32(23)26(35)21-10-6-12-29-17-21/h5-6,9-12,16-17,19,22-23H,2-4,7-8,13-15,18H2,1H3,(H,30,33)/t22-,23-/m0/s1. The lowest BCUT2D eigenvalue weighted by atomic mass is 9.84. The number of nitrogens with zero attached hydrogens (tertiary/aromatic N) is 4. The summed E-state index contributed by atoms with van der Waals surface area (Å²) in [6.45, 7) is 0.401. The van der Waals surface area contributed by atoms with Crippen LogP contribution in [0.15, 0.2) is 49.1 Å². The van der Waals surface area contributed by atoms with Crippen molar-refractivity contribution in [1.82, 2.24) is 25.1 Å². The molecule has 4 rings (SSSR count). The highest BCUT2D eigenvalue weighted by molar-refractivity contribution is 5.99. The van der Waals surface area contributed by atoms with Crippen molar-refractivity contribution in [2.45, 2.75) is 50.6 Å². The third-order valence-electron chi connectivity index (χ3n) is 7.14. The second-order valence-corrected chi connectivity index (χ2v) is 9.57. The van der Waals surface area contributed by atoms with Crippen molar-refractivity contribution >= 4 is 23.7 Å². The fourth-order valence-electron chi connectivity index (χ4n) is 5.14. The Kier molecular flexibility index (Phi) is 8.81. The first-order chi connectivity index (χ1) is 18.0. The van der Waals surface area contributed by atoms with Gasteiger partial charge in [0.1, 0.15) is 12.1 Å². The van der Waals surface area contributed by atoms with E-state index in [-0.39, 0.29) is 31.4 Å². The summed E-state index contributed by atoms with van der Waals surface area (Å²) >= 11 is 0. The Morgan fingerprint density at radius 2 is 1.62 bits per heavy atom. The van der Waals surface area contributed by atoms with E-state index in [4.69, 9.17) is 4.74 Å². The Balaban J connectivity index is 1.55. The molecular formula is C27H33N5O5. The van der Waals surface area contributed by atoms with Crippen LogP contribution in [-0.2, 0) is 14.3 Å². The van der Waals surface area contributed by atoms with E-state index in [1.54, 1.807) is 41.6 Å². The zero-order chi connectivity index (χ0) is 26.2. The normalized spacial score (nSPS) is 19.1. The van der Waals surface area contributed by atoms with E-state index < -0.39 is 24.0 Å². The lowest BCUT2D eigenvalue weighted by Gasteiger charge is -2.41. The predicted octanol–water partition coefficient (Wildman–Crippen LogP) is 2.07. The van der Waals surface area contributed by atoms with Gasteiger partial charge in [0.2, 0.25) is 5.91 Å². The predicted molar refractivity (Wildman–Crippen MR) is 134 cm³/mol. The minimum absolute atomic E-state index is 0.0110. The largest absolute Gasteiger partial charge is 0.467 e. The van der Waals surface area contributed by atoms with Crippen LogP contribution >= 0.6 is 0 Å². The minimum Gasteiger partial charge on any atom is -0.467 e. The monoisotopic (exact) mass is 507 g/mol. The summed E-state index contributed by atoms with van der Waals surface area (Å²) < 4.78 is 4.99. The van der Waals surface area contributed by atoms with Gasteiger partial charge >= 0.3 is 5.97 Å². The second-order valence-electron chi connectivity index (χ2n) is 9.57. The quantitative estimate of drug-likeness (QED) is 0.570. The first-order valence-corrected chi connectivity index (χ1v) is 12.8. The molecule has 2 fully saturated rings.